The Kier molecular flexibility index (Phi) is 6.42. The minimum atomic E-state index is -1.07. The smallest absolute Gasteiger partial charge is 0.341 e. The molecule has 0 fully saturated rings. The second-order valence-corrected chi connectivity index (χ2v) is 6.59. The largest absolute Gasteiger partial charge is 0.493 e. The quantitative estimate of drug-likeness (QED) is 0.767. The molecule has 8 heteroatoms. The molecule has 1 N–H and O–H groups in total. The molecule has 0 unspecified atom stereocenters. The molecule has 0 bridgehead atoms. The van der Waals surface area contributed by atoms with E-state index in [1.807, 2.05) is 12.4 Å². The Morgan fingerprint density at radius 2 is 2.25 bits per heavy atom. The van der Waals surface area contributed by atoms with Gasteiger partial charge in [0.15, 0.2) is 18.1 Å². The number of rotatable bonds is 8. The minimum absolute atomic E-state index is 0.165. The highest BCUT2D eigenvalue weighted by atomic mass is 35.5. The second kappa shape index (κ2) is 8.32. The zero-order valence-electron chi connectivity index (χ0n) is 13.7. The first kappa shape index (κ1) is 18.5. The molecule has 130 valence electrons. The molecular weight excluding hydrogens is 352 g/mol. The average molecular weight is 371 g/mol. The molecule has 0 aliphatic heterocycles. The lowest BCUT2D eigenvalue weighted by molar-refractivity contribution is -0.139. The Bertz CT molecular complexity index is 694. The van der Waals surface area contributed by atoms with Crippen molar-refractivity contribution >= 4 is 28.9 Å². The minimum Gasteiger partial charge on any atom is -0.493 e. The van der Waals surface area contributed by atoms with Crippen LogP contribution in [0.15, 0.2) is 23.7 Å². The van der Waals surface area contributed by atoms with Gasteiger partial charge < -0.3 is 14.6 Å². The molecule has 0 radical (unpaired) electrons. The van der Waals surface area contributed by atoms with E-state index in [0.717, 1.165) is 10.6 Å². The topological polar surface area (TPSA) is 71.9 Å². The summed E-state index contributed by atoms with van der Waals surface area (Å²) < 4.78 is 10.5. The van der Waals surface area contributed by atoms with Gasteiger partial charge in [-0.25, -0.2) is 9.78 Å². The van der Waals surface area contributed by atoms with Crippen LogP contribution in [0.1, 0.15) is 23.5 Å². The number of benzene rings is 1. The summed E-state index contributed by atoms with van der Waals surface area (Å²) in [4.78, 5) is 17.1. The molecule has 2 rings (SSSR count). The fourth-order valence-electron chi connectivity index (χ4n) is 2.19. The molecule has 24 heavy (non-hydrogen) atoms. The fraction of sp³-hybridized carbons (Fsp3) is 0.375. The molecule has 2 aromatic rings. The van der Waals surface area contributed by atoms with Crippen molar-refractivity contribution in [3.8, 4) is 11.5 Å². The predicted octanol–water partition coefficient (Wildman–Crippen LogP) is 3.46. The monoisotopic (exact) mass is 370 g/mol. The van der Waals surface area contributed by atoms with Crippen LogP contribution < -0.4 is 9.47 Å². The third kappa shape index (κ3) is 4.59. The summed E-state index contributed by atoms with van der Waals surface area (Å²) in [6.07, 6.45) is 1.79. The first-order valence-electron chi connectivity index (χ1n) is 7.23. The average Bonchev–Trinajstić information content (AvgIpc) is 3.06. The summed E-state index contributed by atoms with van der Waals surface area (Å²) in [7, 11) is 3.49. The molecule has 0 amide bonds. The Balaban J connectivity index is 2.16. The van der Waals surface area contributed by atoms with E-state index in [1.54, 1.807) is 29.7 Å². The van der Waals surface area contributed by atoms with Gasteiger partial charge >= 0.3 is 5.97 Å². The van der Waals surface area contributed by atoms with Crippen molar-refractivity contribution < 1.29 is 19.4 Å². The van der Waals surface area contributed by atoms with Gasteiger partial charge in [0.05, 0.1) is 18.2 Å². The first-order valence-corrected chi connectivity index (χ1v) is 8.48. The normalized spacial score (nSPS) is 12.2. The lowest BCUT2D eigenvalue weighted by Crippen LogP contribution is -2.21. The van der Waals surface area contributed by atoms with Gasteiger partial charge in [-0.1, -0.05) is 11.6 Å². The molecule has 0 spiro atoms. The summed E-state index contributed by atoms with van der Waals surface area (Å²) in [6, 6.07) is 3.72. The van der Waals surface area contributed by atoms with E-state index in [9.17, 15) is 4.79 Å². The highest BCUT2D eigenvalue weighted by Gasteiger charge is 2.17. The number of ether oxygens (including phenoxy) is 2. The molecule has 0 saturated heterocycles. The number of methoxy groups -OCH3 is 1. The van der Waals surface area contributed by atoms with Crippen molar-refractivity contribution in [3.05, 3.63) is 39.3 Å². The number of carbonyl (C=O) groups is 1. The maximum atomic E-state index is 10.7. The second-order valence-electron chi connectivity index (χ2n) is 5.25. The standard InChI is InChI=1S/C16H19ClN2O4S/c1-10(16-18-4-5-24-16)19(2)8-11-6-12(17)15(13(7-11)22-3)23-9-14(20)21/h4-7,10H,8-9H2,1-3H3,(H,20,21)/t10-/m1/s1. The van der Waals surface area contributed by atoms with E-state index in [2.05, 4.69) is 16.8 Å². The van der Waals surface area contributed by atoms with Crippen LogP contribution in [0.4, 0.5) is 0 Å². The summed E-state index contributed by atoms with van der Waals surface area (Å²) in [6.45, 7) is 2.24. The summed E-state index contributed by atoms with van der Waals surface area (Å²) in [5.74, 6) is -0.427. The molecule has 1 aromatic carbocycles. The number of carboxylic acid groups (broad SMARTS) is 1. The molecule has 1 atom stereocenters. The van der Waals surface area contributed by atoms with E-state index >= 15 is 0 Å². The van der Waals surface area contributed by atoms with Crippen LogP contribution in [-0.2, 0) is 11.3 Å². The van der Waals surface area contributed by atoms with Gasteiger partial charge in [-0.2, -0.15) is 0 Å². The maximum absolute atomic E-state index is 10.7. The molecular formula is C16H19ClN2O4S. The van der Waals surface area contributed by atoms with E-state index in [4.69, 9.17) is 26.2 Å². The van der Waals surface area contributed by atoms with E-state index in [-0.39, 0.29) is 11.8 Å². The highest BCUT2D eigenvalue weighted by Crippen LogP contribution is 2.37. The Labute approximate surface area is 149 Å². The SMILES string of the molecule is COc1cc(CN(C)[C@H](C)c2nccs2)cc(Cl)c1OCC(=O)O. The van der Waals surface area contributed by atoms with Crippen LogP contribution in [0.25, 0.3) is 0 Å². The molecule has 0 aliphatic carbocycles. The first-order chi connectivity index (χ1) is 11.4. The van der Waals surface area contributed by atoms with Crippen molar-refractivity contribution in [1.82, 2.24) is 9.88 Å². The van der Waals surface area contributed by atoms with Crippen molar-refractivity contribution in [2.24, 2.45) is 0 Å². The van der Waals surface area contributed by atoms with Gasteiger partial charge in [-0.05, 0) is 31.7 Å². The number of aromatic nitrogens is 1. The van der Waals surface area contributed by atoms with Crippen LogP contribution in [0.5, 0.6) is 11.5 Å². The number of hydrogen-bond donors (Lipinski definition) is 1. The molecule has 1 heterocycles. The summed E-state index contributed by atoms with van der Waals surface area (Å²) in [5, 5.41) is 12.0. The van der Waals surface area contributed by atoms with Crippen LogP contribution in [-0.4, -0.2) is 41.7 Å². The van der Waals surface area contributed by atoms with Crippen LogP contribution in [0, 0.1) is 0 Å². The predicted molar refractivity (Wildman–Crippen MR) is 93.1 cm³/mol. The molecule has 1 aromatic heterocycles. The van der Waals surface area contributed by atoms with Crippen molar-refractivity contribution in [2.45, 2.75) is 19.5 Å². The van der Waals surface area contributed by atoms with Gasteiger partial charge in [0.2, 0.25) is 0 Å². The fourth-order valence-corrected chi connectivity index (χ4v) is 3.24. The van der Waals surface area contributed by atoms with Crippen LogP contribution >= 0.6 is 22.9 Å². The lowest BCUT2D eigenvalue weighted by Gasteiger charge is -2.23. The Morgan fingerprint density at radius 1 is 1.50 bits per heavy atom. The van der Waals surface area contributed by atoms with Crippen LogP contribution in [0.2, 0.25) is 5.02 Å². The van der Waals surface area contributed by atoms with Gasteiger partial charge in [0.1, 0.15) is 5.01 Å². The van der Waals surface area contributed by atoms with Gasteiger partial charge in [0.25, 0.3) is 0 Å². The highest BCUT2D eigenvalue weighted by molar-refractivity contribution is 7.09. The van der Waals surface area contributed by atoms with Gasteiger partial charge in [-0.15, -0.1) is 11.3 Å². The molecule has 6 nitrogen and oxygen atoms in total. The van der Waals surface area contributed by atoms with Gasteiger partial charge in [0, 0.05) is 18.1 Å². The number of nitrogens with zero attached hydrogens (tertiary/aromatic N) is 2. The Morgan fingerprint density at radius 3 is 2.83 bits per heavy atom. The molecule has 0 aliphatic rings. The number of aliphatic carboxylic acids is 1. The van der Waals surface area contributed by atoms with Crippen molar-refractivity contribution in [2.75, 3.05) is 20.8 Å². The number of carboxylic acids is 1. The van der Waals surface area contributed by atoms with Crippen molar-refractivity contribution in [3.63, 3.8) is 0 Å². The van der Waals surface area contributed by atoms with Gasteiger partial charge in [-0.3, -0.25) is 4.90 Å². The zero-order chi connectivity index (χ0) is 17.7. The van der Waals surface area contributed by atoms with E-state index < -0.39 is 12.6 Å². The van der Waals surface area contributed by atoms with Crippen molar-refractivity contribution in [1.29, 1.82) is 0 Å². The van der Waals surface area contributed by atoms with Crippen LogP contribution in [0.3, 0.4) is 0 Å². The lowest BCUT2D eigenvalue weighted by atomic mass is 10.1. The zero-order valence-corrected chi connectivity index (χ0v) is 15.2. The summed E-state index contributed by atoms with van der Waals surface area (Å²) in [5.41, 5.74) is 0.936. The van der Waals surface area contributed by atoms with E-state index in [1.165, 1.54) is 7.11 Å². The third-order valence-corrected chi connectivity index (χ3v) is 4.76. The third-order valence-electron chi connectivity index (χ3n) is 3.53. The Hall–Kier alpha value is -1.83. The van der Waals surface area contributed by atoms with E-state index in [0.29, 0.717) is 17.3 Å². The molecule has 0 saturated carbocycles. The summed E-state index contributed by atoms with van der Waals surface area (Å²) >= 11 is 7.85. The maximum Gasteiger partial charge on any atom is 0.341 e. The number of thiazole rings is 1. The number of halogens is 1. The number of hydrogen-bond acceptors (Lipinski definition) is 6.